The Labute approximate surface area is 250 Å². The van der Waals surface area contributed by atoms with Crippen molar-refractivity contribution < 1.29 is 19.1 Å². The third kappa shape index (κ3) is 8.80. The van der Waals surface area contributed by atoms with E-state index >= 15 is 0 Å². The average molecular weight is 576 g/mol. The fourth-order valence-corrected chi connectivity index (χ4v) is 5.15. The zero-order valence-corrected chi connectivity index (χ0v) is 26.1. The highest BCUT2D eigenvalue weighted by Crippen LogP contribution is 2.24. The van der Waals surface area contributed by atoms with Crippen molar-refractivity contribution in [2.75, 3.05) is 38.1 Å². The summed E-state index contributed by atoms with van der Waals surface area (Å²) in [6.07, 6.45) is 2.22. The predicted octanol–water partition coefficient (Wildman–Crippen LogP) is 4.45. The summed E-state index contributed by atoms with van der Waals surface area (Å²) in [6, 6.07) is 15.6. The molecule has 2 aromatic rings. The molecule has 0 aromatic heterocycles. The Morgan fingerprint density at radius 1 is 1.05 bits per heavy atom. The average Bonchev–Trinajstić information content (AvgIpc) is 2.93. The number of benzene rings is 2. The van der Waals surface area contributed by atoms with E-state index in [1.54, 1.807) is 32.9 Å². The molecule has 42 heavy (non-hydrogen) atoms. The summed E-state index contributed by atoms with van der Waals surface area (Å²) in [7, 11) is 1.82. The number of carbonyl (C=O) groups is 3. The van der Waals surface area contributed by atoms with E-state index in [9.17, 15) is 19.6 Å². The molecule has 1 N–H and O–H groups in total. The molecule has 1 aliphatic carbocycles. The van der Waals surface area contributed by atoms with Crippen LogP contribution >= 0.6 is 0 Å². The highest BCUT2D eigenvalue weighted by Gasteiger charge is 2.28. The number of likely N-dealkylation sites (N-methyl/N-ethyl adjacent to an activating group) is 1. The van der Waals surface area contributed by atoms with Gasteiger partial charge >= 0.3 is 6.09 Å². The highest BCUT2D eigenvalue weighted by molar-refractivity contribution is 5.96. The van der Waals surface area contributed by atoms with Crippen LogP contribution in [-0.4, -0.2) is 78.6 Å². The zero-order valence-electron chi connectivity index (χ0n) is 26.1. The van der Waals surface area contributed by atoms with Gasteiger partial charge in [0.1, 0.15) is 5.60 Å². The number of fused-ring (bicyclic) bond motifs is 1. The van der Waals surface area contributed by atoms with E-state index < -0.39 is 11.7 Å². The van der Waals surface area contributed by atoms with Gasteiger partial charge in [0.25, 0.3) is 0 Å². The van der Waals surface area contributed by atoms with Crippen LogP contribution in [0.25, 0.3) is 0 Å². The standard InChI is InChI=1S/C33H45N5O4/c1-23(2)37(32(41)42-33(4,5)6)16-17-38(29-18-25(20-34)13-12-24(29)3)31(40)22-35-21-30(39)36(7)28-15-14-26-10-8-9-11-27(26)19-28/h8-13,18,23,28,35H,14-17,19,21-22H2,1-7H3. The van der Waals surface area contributed by atoms with Crippen LogP contribution in [0.15, 0.2) is 42.5 Å². The molecule has 0 spiro atoms. The molecule has 1 aliphatic rings. The van der Waals surface area contributed by atoms with E-state index in [1.807, 2.05) is 60.7 Å². The lowest BCUT2D eigenvalue weighted by atomic mass is 9.87. The summed E-state index contributed by atoms with van der Waals surface area (Å²) in [4.78, 5) is 44.5. The minimum absolute atomic E-state index is 0.0292. The number of carbonyl (C=O) groups excluding carboxylic acids is 3. The number of aryl methyl sites for hydroxylation is 2. The number of nitrogens with zero attached hydrogens (tertiary/aromatic N) is 4. The van der Waals surface area contributed by atoms with E-state index in [0.29, 0.717) is 11.3 Å². The normalized spacial score (nSPS) is 14.5. The smallest absolute Gasteiger partial charge is 0.410 e. The maximum absolute atomic E-state index is 13.6. The van der Waals surface area contributed by atoms with Gasteiger partial charge in [-0.15, -0.1) is 0 Å². The second kappa shape index (κ2) is 14.3. The fraction of sp³-hybridized carbons (Fsp3) is 0.515. The number of rotatable bonds is 10. The Kier molecular flexibility index (Phi) is 11.1. The molecule has 0 fully saturated rings. The Bertz CT molecular complexity index is 1310. The van der Waals surface area contributed by atoms with Gasteiger partial charge in [-0.2, -0.15) is 5.26 Å². The fourth-order valence-electron chi connectivity index (χ4n) is 5.15. The first-order valence-electron chi connectivity index (χ1n) is 14.6. The molecule has 0 saturated carbocycles. The Balaban J connectivity index is 1.68. The summed E-state index contributed by atoms with van der Waals surface area (Å²) >= 11 is 0. The summed E-state index contributed by atoms with van der Waals surface area (Å²) in [5.41, 5.74) is 3.82. The van der Waals surface area contributed by atoms with Crippen LogP contribution in [0.2, 0.25) is 0 Å². The molecular formula is C33H45N5O4. The van der Waals surface area contributed by atoms with E-state index in [-0.39, 0.29) is 50.1 Å². The predicted molar refractivity (Wildman–Crippen MR) is 164 cm³/mol. The van der Waals surface area contributed by atoms with Gasteiger partial charge in [-0.25, -0.2) is 4.79 Å². The Morgan fingerprint density at radius 3 is 2.36 bits per heavy atom. The van der Waals surface area contributed by atoms with E-state index in [1.165, 1.54) is 11.1 Å². The van der Waals surface area contributed by atoms with Gasteiger partial charge in [-0.3, -0.25) is 14.9 Å². The molecule has 3 rings (SSSR count). The van der Waals surface area contributed by atoms with E-state index in [2.05, 4.69) is 23.5 Å². The minimum Gasteiger partial charge on any atom is -0.444 e. The first-order chi connectivity index (χ1) is 19.8. The summed E-state index contributed by atoms with van der Waals surface area (Å²) in [5, 5.41) is 12.5. The summed E-state index contributed by atoms with van der Waals surface area (Å²) in [6.45, 7) is 11.5. The van der Waals surface area contributed by atoms with Gasteiger partial charge in [0, 0.05) is 37.9 Å². The number of nitriles is 1. The molecule has 9 heteroatoms. The number of amides is 3. The van der Waals surface area contributed by atoms with Gasteiger partial charge < -0.3 is 19.4 Å². The quantitative estimate of drug-likeness (QED) is 0.449. The minimum atomic E-state index is -0.651. The van der Waals surface area contributed by atoms with Gasteiger partial charge in [0.15, 0.2) is 0 Å². The zero-order chi connectivity index (χ0) is 31.0. The largest absolute Gasteiger partial charge is 0.444 e. The third-order valence-electron chi connectivity index (χ3n) is 7.56. The van der Waals surface area contributed by atoms with Crippen LogP contribution in [-0.2, 0) is 27.2 Å². The molecule has 0 bridgehead atoms. The van der Waals surface area contributed by atoms with Crippen molar-refractivity contribution in [1.82, 2.24) is 15.1 Å². The molecule has 0 aliphatic heterocycles. The van der Waals surface area contributed by atoms with Crippen molar-refractivity contribution >= 4 is 23.6 Å². The van der Waals surface area contributed by atoms with Crippen molar-refractivity contribution in [3.05, 3.63) is 64.7 Å². The van der Waals surface area contributed by atoms with Crippen molar-refractivity contribution in [2.45, 2.75) is 78.5 Å². The topological polar surface area (TPSA) is 106 Å². The van der Waals surface area contributed by atoms with Crippen LogP contribution in [0, 0.1) is 18.3 Å². The number of nitrogens with one attached hydrogen (secondary N) is 1. The van der Waals surface area contributed by atoms with Crippen molar-refractivity contribution in [3.63, 3.8) is 0 Å². The molecule has 1 atom stereocenters. The molecule has 0 radical (unpaired) electrons. The summed E-state index contributed by atoms with van der Waals surface area (Å²) in [5.74, 6) is -0.333. The monoisotopic (exact) mass is 575 g/mol. The van der Waals surface area contributed by atoms with Gasteiger partial charge in [-0.05, 0) is 89.6 Å². The third-order valence-corrected chi connectivity index (χ3v) is 7.56. The SMILES string of the molecule is Cc1ccc(C#N)cc1N(CCN(C(=O)OC(C)(C)C)C(C)C)C(=O)CNCC(=O)N(C)C1CCc2ccccc2C1. The van der Waals surface area contributed by atoms with Gasteiger partial charge in [0.05, 0.1) is 24.7 Å². The van der Waals surface area contributed by atoms with Crippen LogP contribution in [0.4, 0.5) is 10.5 Å². The molecule has 226 valence electrons. The van der Waals surface area contributed by atoms with E-state index in [4.69, 9.17) is 4.74 Å². The van der Waals surface area contributed by atoms with E-state index in [0.717, 1.165) is 24.8 Å². The van der Waals surface area contributed by atoms with Crippen LogP contribution in [0.3, 0.4) is 0 Å². The lowest BCUT2D eigenvalue weighted by molar-refractivity contribution is -0.131. The molecule has 0 saturated heterocycles. The number of ether oxygens (including phenoxy) is 1. The van der Waals surface area contributed by atoms with Gasteiger partial charge in [0.2, 0.25) is 11.8 Å². The highest BCUT2D eigenvalue weighted by atomic mass is 16.6. The van der Waals surface area contributed by atoms with Crippen molar-refractivity contribution in [1.29, 1.82) is 5.26 Å². The lowest BCUT2D eigenvalue weighted by Crippen LogP contribution is -2.49. The number of anilines is 1. The molecule has 0 heterocycles. The Hall–Kier alpha value is -3.90. The maximum atomic E-state index is 13.6. The lowest BCUT2D eigenvalue weighted by Gasteiger charge is -2.33. The second-order valence-electron chi connectivity index (χ2n) is 12.2. The summed E-state index contributed by atoms with van der Waals surface area (Å²) < 4.78 is 5.59. The second-order valence-corrected chi connectivity index (χ2v) is 12.2. The number of hydrogen-bond donors (Lipinski definition) is 1. The Morgan fingerprint density at radius 2 is 1.71 bits per heavy atom. The molecule has 3 amide bonds. The number of hydrogen-bond acceptors (Lipinski definition) is 6. The van der Waals surface area contributed by atoms with Crippen LogP contribution in [0.5, 0.6) is 0 Å². The van der Waals surface area contributed by atoms with Crippen molar-refractivity contribution in [2.24, 2.45) is 0 Å². The first-order valence-corrected chi connectivity index (χ1v) is 14.6. The molecular weight excluding hydrogens is 530 g/mol. The molecule has 9 nitrogen and oxygen atoms in total. The maximum Gasteiger partial charge on any atom is 0.410 e. The molecule has 1 unspecified atom stereocenters. The van der Waals surface area contributed by atoms with Crippen molar-refractivity contribution in [3.8, 4) is 6.07 Å². The van der Waals surface area contributed by atoms with Crippen LogP contribution in [0.1, 0.15) is 63.3 Å². The van der Waals surface area contributed by atoms with Gasteiger partial charge in [-0.1, -0.05) is 30.3 Å². The first kappa shape index (κ1) is 32.6. The van der Waals surface area contributed by atoms with Crippen LogP contribution < -0.4 is 10.2 Å². The molecule has 2 aromatic carbocycles.